The first kappa shape index (κ1) is 14.8. The summed E-state index contributed by atoms with van der Waals surface area (Å²) in [4.78, 5) is 25.6. The quantitative estimate of drug-likeness (QED) is 0.860. The van der Waals surface area contributed by atoms with Crippen molar-refractivity contribution in [3.05, 3.63) is 0 Å². The molecule has 0 radical (unpaired) electrons. The van der Waals surface area contributed by atoms with Crippen molar-refractivity contribution in [3.63, 3.8) is 0 Å². The fraction of sp³-hybridized carbons (Fsp3) is 0.875. The Morgan fingerprint density at radius 1 is 1.33 bits per heavy atom. The van der Waals surface area contributed by atoms with Gasteiger partial charge in [0.15, 0.2) is 0 Å². The van der Waals surface area contributed by atoms with E-state index in [1.807, 2.05) is 4.90 Å². The number of nitrogens with one attached hydrogen (secondary N) is 1. The van der Waals surface area contributed by atoms with E-state index in [1.54, 1.807) is 0 Å². The van der Waals surface area contributed by atoms with Crippen LogP contribution in [0.3, 0.4) is 0 Å². The third-order valence-electron chi connectivity index (χ3n) is 5.16. The normalized spacial score (nSPS) is 28.7. The molecule has 118 valence electrons. The van der Waals surface area contributed by atoms with Gasteiger partial charge in [0, 0.05) is 32.0 Å². The maximum absolute atomic E-state index is 12.4. The van der Waals surface area contributed by atoms with Crippen LogP contribution in [0.2, 0.25) is 0 Å². The van der Waals surface area contributed by atoms with Gasteiger partial charge < -0.3 is 15.0 Å². The van der Waals surface area contributed by atoms with Crippen LogP contribution in [0.25, 0.3) is 0 Å². The molecule has 1 aliphatic carbocycles. The summed E-state index contributed by atoms with van der Waals surface area (Å²) in [5.74, 6) is 0.351. The number of morpholine rings is 1. The number of hydrogen-bond acceptors (Lipinski definition) is 3. The highest BCUT2D eigenvalue weighted by Crippen LogP contribution is 2.34. The smallest absolute Gasteiger partial charge is 0.222 e. The van der Waals surface area contributed by atoms with E-state index in [-0.39, 0.29) is 23.5 Å². The van der Waals surface area contributed by atoms with Crippen molar-refractivity contribution in [1.29, 1.82) is 0 Å². The van der Waals surface area contributed by atoms with Crippen LogP contribution in [0, 0.1) is 0 Å². The number of rotatable bonds is 3. The van der Waals surface area contributed by atoms with E-state index in [1.165, 1.54) is 19.3 Å². The summed E-state index contributed by atoms with van der Waals surface area (Å²) in [5, 5.41) is 2.93. The molecular weight excluding hydrogens is 268 g/mol. The van der Waals surface area contributed by atoms with Gasteiger partial charge in [0.2, 0.25) is 11.8 Å². The topological polar surface area (TPSA) is 58.6 Å². The summed E-state index contributed by atoms with van der Waals surface area (Å²) in [7, 11) is 0. The molecule has 21 heavy (non-hydrogen) atoms. The monoisotopic (exact) mass is 294 g/mol. The molecule has 3 rings (SSSR count). The highest BCUT2D eigenvalue weighted by molar-refractivity contribution is 5.79. The van der Waals surface area contributed by atoms with E-state index in [0.29, 0.717) is 19.4 Å². The summed E-state index contributed by atoms with van der Waals surface area (Å²) < 4.78 is 6.03. The van der Waals surface area contributed by atoms with Gasteiger partial charge in [-0.25, -0.2) is 0 Å². The van der Waals surface area contributed by atoms with Crippen molar-refractivity contribution in [2.45, 2.75) is 69.4 Å². The van der Waals surface area contributed by atoms with Crippen molar-refractivity contribution in [3.8, 4) is 0 Å². The second-order valence-electron chi connectivity index (χ2n) is 6.75. The Balaban J connectivity index is 1.48. The summed E-state index contributed by atoms with van der Waals surface area (Å²) in [6, 6.07) is 0.200. The molecule has 5 heteroatoms. The third kappa shape index (κ3) is 3.57. The number of nitrogens with zero attached hydrogens (tertiary/aromatic N) is 1. The summed E-state index contributed by atoms with van der Waals surface area (Å²) >= 11 is 0. The molecule has 1 atom stereocenters. The zero-order valence-corrected chi connectivity index (χ0v) is 12.7. The number of carbonyl (C=O) groups excluding carboxylic acids is 2. The van der Waals surface area contributed by atoms with Gasteiger partial charge in [-0.2, -0.15) is 0 Å². The minimum atomic E-state index is -0.0618. The third-order valence-corrected chi connectivity index (χ3v) is 5.16. The lowest BCUT2D eigenvalue weighted by atomic mass is 9.83. The number of carbonyl (C=O) groups is 2. The lowest BCUT2D eigenvalue weighted by molar-refractivity contribution is -0.156. The average Bonchev–Trinajstić information content (AvgIpc) is 2.91. The van der Waals surface area contributed by atoms with Gasteiger partial charge >= 0.3 is 0 Å². The molecule has 3 fully saturated rings. The Hall–Kier alpha value is -1.10. The van der Waals surface area contributed by atoms with Gasteiger partial charge in [-0.1, -0.05) is 19.3 Å². The van der Waals surface area contributed by atoms with Gasteiger partial charge in [-0.05, 0) is 25.7 Å². The molecule has 3 aliphatic rings. The van der Waals surface area contributed by atoms with Crippen molar-refractivity contribution in [2.75, 3.05) is 19.7 Å². The maximum Gasteiger partial charge on any atom is 0.222 e. The van der Waals surface area contributed by atoms with E-state index >= 15 is 0 Å². The van der Waals surface area contributed by atoms with Crippen LogP contribution in [0.15, 0.2) is 0 Å². The van der Waals surface area contributed by atoms with Crippen molar-refractivity contribution >= 4 is 11.8 Å². The molecule has 2 heterocycles. The molecule has 2 saturated heterocycles. The van der Waals surface area contributed by atoms with Gasteiger partial charge in [-0.15, -0.1) is 0 Å². The molecule has 1 spiro atoms. The van der Waals surface area contributed by atoms with Gasteiger partial charge in [0.1, 0.15) is 0 Å². The van der Waals surface area contributed by atoms with Crippen LogP contribution in [0.1, 0.15) is 57.8 Å². The molecule has 5 nitrogen and oxygen atoms in total. The first-order chi connectivity index (χ1) is 10.2. The predicted molar refractivity (Wildman–Crippen MR) is 78.7 cm³/mol. The largest absolute Gasteiger partial charge is 0.371 e. The second-order valence-corrected chi connectivity index (χ2v) is 6.75. The SMILES string of the molecule is O=C1CC[C@@H](CCC(=O)N2CCOC3(CCCCC3)C2)N1. The van der Waals surface area contributed by atoms with Gasteiger partial charge in [0.25, 0.3) is 0 Å². The van der Waals surface area contributed by atoms with Gasteiger partial charge in [0.05, 0.1) is 12.2 Å². The molecule has 1 saturated carbocycles. The van der Waals surface area contributed by atoms with E-state index in [4.69, 9.17) is 4.74 Å². The number of ether oxygens (including phenoxy) is 1. The lowest BCUT2D eigenvalue weighted by Gasteiger charge is -2.45. The summed E-state index contributed by atoms with van der Waals surface area (Å²) in [6.45, 7) is 2.16. The van der Waals surface area contributed by atoms with Crippen LogP contribution in [0.5, 0.6) is 0 Å². The zero-order valence-electron chi connectivity index (χ0n) is 12.7. The fourth-order valence-corrected chi connectivity index (χ4v) is 3.91. The molecule has 0 unspecified atom stereocenters. The minimum absolute atomic E-state index is 0.0618. The fourth-order valence-electron chi connectivity index (χ4n) is 3.91. The summed E-state index contributed by atoms with van der Waals surface area (Å²) in [6.07, 6.45) is 8.71. The van der Waals surface area contributed by atoms with E-state index in [2.05, 4.69) is 5.32 Å². The van der Waals surface area contributed by atoms with E-state index < -0.39 is 0 Å². The van der Waals surface area contributed by atoms with Crippen molar-refractivity contribution < 1.29 is 14.3 Å². The van der Waals surface area contributed by atoms with E-state index in [9.17, 15) is 9.59 Å². The number of amides is 2. The van der Waals surface area contributed by atoms with Crippen molar-refractivity contribution in [1.82, 2.24) is 10.2 Å². The van der Waals surface area contributed by atoms with Crippen LogP contribution < -0.4 is 5.32 Å². The van der Waals surface area contributed by atoms with Gasteiger partial charge in [-0.3, -0.25) is 9.59 Å². The average molecular weight is 294 g/mol. The zero-order chi connectivity index (χ0) is 14.7. The van der Waals surface area contributed by atoms with Crippen LogP contribution >= 0.6 is 0 Å². The highest BCUT2D eigenvalue weighted by atomic mass is 16.5. The minimum Gasteiger partial charge on any atom is -0.371 e. The van der Waals surface area contributed by atoms with E-state index in [0.717, 1.165) is 38.8 Å². The molecule has 0 aromatic rings. The lowest BCUT2D eigenvalue weighted by Crippen LogP contribution is -2.54. The molecule has 1 N–H and O–H groups in total. The van der Waals surface area contributed by atoms with Crippen LogP contribution in [0.4, 0.5) is 0 Å². The Morgan fingerprint density at radius 3 is 2.86 bits per heavy atom. The molecule has 0 aromatic heterocycles. The Kier molecular flexibility index (Phi) is 4.48. The predicted octanol–water partition coefficient (Wildman–Crippen LogP) is 1.61. The Labute approximate surface area is 126 Å². The van der Waals surface area contributed by atoms with Crippen molar-refractivity contribution in [2.24, 2.45) is 0 Å². The highest BCUT2D eigenvalue weighted by Gasteiger charge is 2.39. The van der Waals surface area contributed by atoms with Crippen LogP contribution in [-0.2, 0) is 14.3 Å². The maximum atomic E-state index is 12.4. The first-order valence-corrected chi connectivity index (χ1v) is 8.38. The Morgan fingerprint density at radius 2 is 2.14 bits per heavy atom. The first-order valence-electron chi connectivity index (χ1n) is 8.38. The molecule has 2 amide bonds. The molecule has 0 aromatic carbocycles. The Bertz CT molecular complexity index is 399. The standard InChI is InChI=1S/C16H26N2O3/c19-14-6-4-13(17-14)5-7-15(20)18-10-11-21-16(12-18)8-2-1-3-9-16/h13H,1-12H2,(H,17,19)/t13-/m0/s1. The summed E-state index contributed by atoms with van der Waals surface area (Å²) in [5.41, 5.74) is -0.0618. The molecule has 2 aliphatic heterocycles. The number of hydrogen-bond donors (Lipinski definition) is 1. The van der Waals surface area contributed by atoms with Crippen LogP contribution in [-0.4, -0.2) is 48.1 Å². The molecule has 0 bridgehead atoms. The molecular formula is C16H26N2O3. The second kappa shape index (κ2) is 6.34.